The lowest BCUT2D eigenvalue weighted by Crippen LogP contribution is -2.45. The van der Waals surface area contributed by atoms with Gasteiger partial charge in [-0.1, -0.05) is 19.9 Å². The number of hydrogen-bond acceptors (Lipinski definition) is 4. The topological polar surface area (TPSA) is 50.8 Å². The van der Waals surface area contributed by atoms with Crippen LogP contribution in [0.5, 0.6) is 11.5 Å². The fourth-order valence-corrected chi connectivity index (χ4v) is 2.90. The highest BCUT2D eigenvalue weighted by Gasteiger charge is 2.22. The van der Waals surface area contributed by atoms with Gasteiger partial charge in [-0.05, 0) is 30.5 Å². The number of benzene rings is 1. The average Bonchev–Trinajstić information content (AvgIpc) is 2.96. The third-order valence-electron chi connectivity index (χ3n) is 4.30. The minimum Gasteiger partial charge on any atom is -0.454 e. The van der Waals surface area contributed by atoms with Gasteiger partial charge in [-0.3, -0.25) is 9.69 Å². The first-order valence-corrected chi connectivity index (χ1v) is 8.03. The summed E-state index contributed by atoms with van der Waals surface area (Å²) in [5.41, 5.74) is 1.24. The Morgan fingerprint density at radius 2 is 2.00 bits per heavy atom. The number of piperidine rings is 1. The van der Waals surface area contributed by atoms with Crippen molar-refractivity contribution in [1.29, 1.82) is 0 Å². The largest absolute Gasteiger partial charge is 0.454 e. The lowest BCUT2D eigenvalue weighted by atomic mass is 10.0. The summed E-state index contributed by atoms with van der Waals surface area (Å²) in [4.78, 5) is 14.2. The van der Waals surface area contributed by atoms with E-state index in [1.807, 2.05) is 19.9 Å². The summed E-state index contributed by atoms with van der Waals surface area (Å²) in [6, 6.07) is 6.46. The van der Waals surface area contributed by atoms with E-state index >= 15 is 0 Å². The molecule has 1 N–H and O–H groups in total. The molecule has 1 aromatic rings. The van der Waals surface area contributed by atoms with Gasteiger partial charge in [-0.15, -0.1) is 0 Å². The Morgan fingerprint density at radius 3 is 2.73 bits per heavy atom. The summed E-state index contributed by atoms with van der Waals surface area (Å²) in [6.45, 7) is 7.13. The normalized spacial score (nSPS) is 18.7. The van der Waals surface area contributed by atoms with Crippen LogP contribution in [-0.4, -0.2) is 36.7 Å². The van der Waals surface area contributed by atoms with Crippen LogP contribution in [0.25, 0.3) is 0 Å². The number of amides is 1. The molecule has 0 aliphatic carbocycles. The van der Waals surface area contributed by atoms with Crippen LogP contribution in [0.15, 0.2) is 18.2 Å². The van der Waals surface area contributed by atoms with E-state index in [1.54, 1.807) is 0 Å². The molecule has 3 rings (SSSR count). The van der Waals surface area contributed by atoms with Gasteiger partial charge in [0.15, 0.2) is 11.5 Å². The third-order valence-corrected chi connectivity index (χ3v) is 4.30. The Labute approximate surface area is 131 Å². The van der Waals surface area contributed by atoms with Crippen LogP contribution >= 0.6 is 0 Å². The Bertz CT molecular complexity index is 537. The van der Waals surface area contributed by atoms with Crippen LogP contribution in [0, 0.1) is 5.92 Å². The van der Waals surface area contributed by atoms with Crippen LogP contribution in [-0.2, 0) is 11.3 Å². The molecule has 120 valence electrons. The molecule has 5 nitrogen and oxygen atoms in total. The minimum absolute atomic E-state index is 0.0617. The second kappa shape index (κ2) is 6.57. The maximum atomic E-state index is 11.7. The van der Waals surface area contributed by atoms with E-state index in [9.17, 15) is 4.79 Å². The van der Waals surface area contributed by atoms with Crippen molar-refractivity contribution in [3.8, 4) is 11.5 Å². The number of nitrogens with zero attached hydrogens (tertiary/aromatic N) is 1. The summed E-state index contributed by atoms with van der Waals surface area (Å²) in [5, 5.41) is 3.13. The Kier molecular flexibility index (Phi) is 4.52. The van der Waals surface area contributed by atoms with Crippen molar-refractivity contribution in [3.05, 3.63) is 23.8 Å². The number of nitrogens with one attached hydrogen (secondary N) is 1. The summed E-state index contributed by atoms with van der Waals surface area (Å²) < 4.78 is 10.8. The zero-order valence-corrected chi connectivity index (χ0v) is 13.3. The second-order valence-electron chi connectivity index (χ2n) is 6.40. The standard InChI is InChI=1S/C17H24N2O3/c1-12(2)17(20)18-14-5-7-19(8-6-14)10-13-3-4-15-16(9-13)22-11-21-15/h3-4,9,12,14H,5-8,10-11H2,1-2H3,(H,18,20). The van der Waals surface area contributed by atoms with E-state index in [0.29, 0.717) is 12.8 Å². The molecule has 2 aliphatic rings. The van der Waals surface area contributed by atoms with Crippen LogP contribution < -0.4 is 14.8 Å². The quantitative estimate of drug-likeness (QED) is 0.926. The van der Waals surface area contributed by atoms with E-state index < -0.39 is 0 Å². The molecule has 1 saturated heterocycles. The Morgan fingerprint density at radius 1 is 1.27 bits per heavy atom. The van der Waals surface area contributed by atoms with E-state index in [2.05, 4.69) is 22.3 Å². The predicted octanol–water partition coefficient (Wildman–Crippen LogP) is 2.15. The zero-order chi connectivity index (χ0) is 15.5. The van der Waals surface area contributed by atoms with E-state index in [4.69, 9.17) is 9.47 Å². The lowest BCUT2D eigenvalue weighted by molar-refractivity contribution is -0.125. The first kappa shape index (κ1) is 15.2. The van der Waals surface area contributed by atoms with Crippen molar-refractivity contribution in [3.63, 3.8) is 0 Å². The smallest absolute Gasteiger partial charge is 0.231 e. The maximum absolute atomic E-state index is 11.7. The SMILES string of the molecule is CC(C)C(=O)NC1CCN(Cc2ccc3c(c2)OCO3)CC1. The molecule has 0 spiro atoms. The van der Waals surface area contributed by atoms with E-state index in [0.717, 1.165) is 44.0 Å². The van der Waals surface area contributed by atoms with Gasteiger partial charge in [0, 0.05) is 31.6 Å². The van der Waals surface area contributed by atoms with Crippen LogP contribution in [0.4, 0.5) is 0 Å². The van der Waals surface area contributed by atoms with Crippen LogP contribution in [0.2, 0.25) is 0 Å². The predicted molar refractivity (Wildman–Crippen MR) is 83.8 cm³/mol. The molecule has 2 heterocycles. The van der Waals surface area contributed by atoms with Gasteiger partial charge in [0.05, 0.1) is 0 Å². The van der Waals surface area contributed by atoms with Crippen LogP contribution in [0.3, 0.4) is 0 Å². The molecular formula is C17H24N2O3. The summed E-state index contributed by atoms with van der Waals surface area (Å²) in [7, 11) is 0. The molecule has 0 aromatic heterocycles. The summed E-state index contributed by atoms with van der Waals surface area (Å²) in [6.07, 6.45) is 2.03. The molecule has 5 heteroatoms. The number of likely N-dealkylation sites (tertiary alicyclic amines) is 1. The van der Waals surface area contributed by atoms with Gasteiger partial charge in [-0.2, -0.15) is 0 Å². The molecule has 1 aromatic carbocycles. The average molecular weight is 304 g/mol. The van der Waals surface area contributed by atoms with E-state index in [-0.39, 0.29) is 11.8 Å². The van der Waals surface area contributed by atoms with Gasteiger partial charge < -0.3 is 14.8 Å². The van der Waals surface area contributed by atoms with Crippen molar-refractivity contribution < 1.29 is 14.3 Å². The Hall–Kier alpha value is -1.75. The first-order valence-electron chi connectivity index (χ1n) is 8.03. The fourth-order valence-electron chi connectivity index (χ4n) is 2.90. The van der Waals surface area contributed by atoms with Crippen molar-refractivity contribution in [1.82, 2.24) is 10.2 Å². The first-order chi connectivity index (χ1) is 10.6. The molecule has 0 bridgehead atoms. The summed E-state index contributed by atoms with van der Waals surface area (Å²) in [5.74, 6) is 1.90. The fraction of sp³-hybridized carbons (Fsp3) is 0.588. The van der Waals surface area contributed by atoms with Crippen molar-refractivity contribution in [2.75, 3.05) is 19.9 Å². The number of fused-ring (bicyclic) bond motifs is 1. The van der Waals surface area contributed by atoms with Gasteiger partial charge in [0.25, 0.3) is 0 Å². The van der Waals surface area contributed by atoms with Gasteiger partial charge in [0.2, 0.25) is 12.7 Å². The second-order valence-corrected chi connectivity index (χ2v) is 6.40. The highest BCUT2D eigenvalue weighted by molar-refractivity contribution is 5.78. The van der Waals surface area contributed by atoms with Crippen LogP contribution in [0.1, 0.15) is 32.3 Å². The number of carbonyl (C=O) groups is 1. The van der Waals surface area contributed by atoms with E-state index in [1.165, 1.54) is 5.56 Å². The highest BCUT2D eigenvalue weighted by Crippen LogP contribution is 2.33. The van der Waals surface area contributed by atoms with Gasteiger partial charge >= 0.3 is 0 Å². The van der Waals surface area contributed by atoms with Gasteiger partial charge in [-0.25, -0.2) is 0 Å². The molecule has 22 heavy (non-hydrogen) atoms. The lowest BCUT2D eigenvalue weighted by Gasteiger charge is -2.32. The highest BCUT2D eigenvalue weighted by atomic mass is 16.7. The molecule has 0 unspecified atom stereocenters. The van der Waals surface area contributed by atoms with Crippen molar-refractivity contribution in [2.45, 2.75) is 39.3 Å². The molecular weight excluding hydrogens is 280 g/mol. The monoisotopic (exact) mass is 304 g/mol. The molecule has 2 aliphatic heterocycles. The molecule has 0 saturated carbocycles. The molecule has 0 radical (unpaired) electrons. The van der Waals surface area contributed by atoms with Crippen molar-refractivity contribution in [2.24, 2.45) is 5.92 Å². The minimum atomic E-state index is 0.0617. The molecule has 1 amide bonds. The molecule has 1 fully saturated rings. The number of hydrogen-bond donors (Lipinski definition) is 1. The molecule has 0 atom stereocenters. The zero-order valence-electron chi connectivity index (χ0n) is 13.3. The third kappa shape index (κ3) is 3.53. The van der Waals surface area contributed by atoms with Crippen molar-refractivity contribution >= 4 is 5.91 Å². The number of ether oxygens (including phenoxy) is 2. The summed E-state index contributed by atoms with van der Waals surface area (Å²) >= 11 is 0. The Balaban J connectivity index is 1.49. The maximum Gasteiger partial charge on any atom is 0.231 e. The number of rotatable bonds is 4. The van der Waals surface area contributed by atoms with Gasteiger partial charge in [0.1, 0.15) is 0 Å². The number of carbonyl (C=O) groups excluding carboxylic acids is 1.